The maximum Gasteiger partial charge on any atom is 0.324 e. The van der Waals surface area contributed by atoms with Crippen LogP contribution >= 0.6 is 0 Å². The molecule has 132 valence electrons. The molecule has 6 heteroatoms. The third-order valence-corrected chi connectivity index (χ3v) is 4.13. The summed E-state index contributed by atoms with van der Waals surface area (Å²) >= 11 is 0. The fourth-order valence-electron chi connectivity index (χ4n) is 2.92. The van der Waals surface area contributed by atoms with E-state index in [0.717, 1.165) is 37.4 Å². The van der Waals surface area contributed by atoms with Crippen LogP contribution in [0.25, 0.3) is 0 Å². The molecule has 1 aromatic carbocycles. The smallest absolute Gasteiger partial charge is 0.324 e. The fraction of sp³-hybridized carbons (Fsp3) is 0.368. The summed E-state index contributed by atoms with van der Waals surface area (Å²) in [6.45, 7) is 2.40. The molecule has 1 unspecified atom stereocenters. The Morgan fingerprint density at radius 3 is 2.72 bits per heavy atom. The second-order valence-corrected chi connectivity index (χ2v) is 6.55. The summed E-state index contributed by atoms with van der Waals surface area (Å²) in [6.07, 6.45) is 2.76. The van der Waals surface area contributed by atoms with Crippen molar-refractivity contribution in [3.8, 4) is 0 Å². The number of nitrogens with zero attached hydrogens (tertiary/aromatic N) is 2. The van der Waals surface area contributed by atoms with Gasteiger partial charge in [0, 0.05) is 31.0 Å². The molecule has 2 amide bonds. The number of hydrogen-bond acceptors (Lipinski definition) is 4. The van der Waals surface area contributed by atoms with Crippen LogP contribution in [0.4, 0.5) is 16.3 Å². The second kappa shape index (κ2) is 8.09. The van der Waals surface area contributed by atoms with E-state index in [-0.39, 0.29) is 6.03 Å². The normalized spacial score (nSPS) is 16.8. The third-order valence-electron chi connectivity index (χ3n) is 4.13. The zero-order chi connectivity index (χ0) is 17.6. The predicted octanol–water partition coefficient (Wildman–Crippen LogP) is 3.29. The van der Waals surface area contributed by atoms with Crippen molar-refractivity contribution in [3.63, 3.8) is 0 Å². The Bertz CT molecular complexity index is 710. The van der Waals surface area contributed by atoms with Crippen molar-refractivity contribution >= 4 is 17.5 Å². The third kappa shape index (κ3) is 5.01. The van der Waals surface area contributed by atoms with Gasteiger partial charge in [-0.25, -0.2) is 9.78 Å². The molecule has 0 spiro atoms. The van der Waals surface area contributed by atoms with Crippen LogP contribution in [0.2, 0.25) is 0 Å². The van der Waals surface area contributed by atoms with Crippen molar-refractivity contribution in [2.24, 2.45) is 0 Å². The topological polar surface area (TPSA) is 66.5 Å². The highest BCUT2D eigenvalue weighted by molar-refractivity contribution is 5.99. The molecule has 0 bridgehead atoms. The highest BCUT2D eigenvalue weighted by atomic mass is 16.5. The standard InChI is InChI=1S/C19H24N4O2/c1-23(2)12-14-7-9-20-18(11-14)22-19(24)21-17-5-3-15(4-6-17)16-8-10-25-13-16/h3-7,9,11,16H,8,10,12-13H2,1-2H3,(H2,20,21,22,24). The summed E-state index contributed by atoms with van der Waals surface area (Å²) < 4.78 is 5.42. The Morgan fingerprint density at radius 2 is 2.04 bits per heavy atom. The molecule has 2 heterocycles. The molecule has 0 saturated carbocycles. The number of carbonyl (C=O) groups excluding carboxylic acids is 1. The zero-order valence-electron chi connectivity index (χ0n) is 14.7. The molecule has 0 radical (unpaired) electrons. The maximum absolute atomic E-state index is 12.2. The summed E-state index contributed by atoms with van der Waals surface area (Å²) in [4.78, 5) is 18.4. The Kier molecular flexibility index (Phi) is 5.63. The highest BCUT2D eigenvalue weighted by Crippen LogP contribution is 2.26. The average molecular weight is 340 g/mol. The summed E-state index contributed by atoms with van der Waals surface area (Å²) in [5.41, 5.74) is 3.10. The van der Waals surface area contributed by atoms with Gasteiger partial charge < -0.3 is 15.0 Å². The van der Waals surface area contributed by atoms with E-state index in [1.54, 1.807) is 6.20 Å². The van der Waals surface area contributed by atoms with Gasteiger partial charge in [-0.2, -0.15) is 0 Å². The van der Waals surface area contributed by atoms with E-state index in [9.17, 15) is 4.79 Å². The van der Waals surface area contributed by atoms with E-state index in [2.05, 4.69) is 20.5 Å². The maximum atomic E-state index is 12.2. The van der Waals surface area contributed by atoms with E-state index >= 15 is 0 Å². The van der Waals surface area contributed by atoms with Crippen molar-refractivity contribution < 1.29 is 9.53 Å². The number of benzene rings is 1. The molecular weight excluding hydrogens is 316 g/mol. The number of hydrogen-bond donors (Lipinski definition) is 2. The molecule has 6 nitrogen and oxygen atoms in total. The zero-order valence-corrected chi connectivity index (χ0v) is 14.7. The fourth-order valence-corrected chi connectivity index (χ4v) is 2.92. The first-order valence-corrected chi connectivity index (χ1v) is 8.45. The number of nitrogens with one attached hydrogen (secondary N) is 2. The van der Waals surface area contributed by atoms with E-state index in [1.807, 2.05) is 50.5 Å². The number of ether oxygens (including phenoxy) is 1. The van der Waals surface area contributed by atoms with Crippen LogP contribution in [0.5, 0.6) is 0 Å². The largest absolute Gasteiger partial charge is 0.381 e. The lowest BCUT2D eigenvalue weighted by molar-refractivity contribution is 0.194. The van der Waals surface area contributed by atoms with Crippen LogP contribution in [-0.2, 0) is 11.3 Å². The molecule has 3 rings (SSSR count). The predicted molar refractivity (Wildman–Crippen MR) is 98.9 cm³/mol. The Hall–Kier alpha value is -2.44. The quantitative estimate of drug-likeness (QED) is 0.876. The number of rotatable bonds is 5. The average Bonchev–Trinajstić information content (AvgIpc) is 3.09. The number of aromatic nitrogens is 1. The van der Waals surface area contributed by atoms with Gasteiger partial charge in [-0.3, -0.25) is 5.32 Å². The lowest BCUT2D eigenvalue weighted by Gasteiger charge is -2.12. The Labute approximate surface area is 148 Å². The van der Waals surface area contributed by atoms with Crippen molar-refractivity contribution in [3.05, 3.63) is 53.7 Å². The summed E-state index contributed by atoms with van der Waals surface area (Å²) in [6, 6.07) is 11.4. The molecule has 1 fully saturated rings. The number of urea groups is 1. The van der Waals surface area contributed by atoms with Crippen LogP contribution in [-0.4, -0.2) is 43.2 Å². The van der Waals surface area contributed by atoms with Gasteiger partial charge in [0.05, 0.1) is 6.61 Å². The van der Waals surface area contributed by atoms with Crippen LogP contribution in [0.15, 0.2) is 42.6 Å². The van der Waals surface area contributed by atoms with Gasteiger partial charge in [0.25, 0.3) is 0 Å². The van der Waals surface area contributed by atoms with Gasteiger partial charge in [-0.05, 0) is 55.9 Å². The number of anilines is 2. The van der Waals surface area contributed by atoms with Gasteiger partial charge >= 0.3 is 6.03 Å². The number of carbonyl (C=O) groups is 1. The first-order chi connectivity index (χ1) is 12.1. The van der Waals surface area contributed by atoms with Crippen molar-refractivity contribution in [2.75, 3.05) is 37.9 Å². The van der Waals surface area contributed by atoms with Crippen molar-refractivity contribution in [1.29, 1.82) is 0 Å². The van der Waals surface area contributed by atoms with Crippen LogP contribution < -0.4 is 10.6 Å². The lowest BCUT2D eigenvalue weighted by Crippen LogP contribution is -2.20. The monoisotopic (exact) mass is 340 g/mol. The molecule has 1 aromatic heterocycles. The van der Waals surface area contributed by atoms with Gasteiger partial charge in [0.1, 0.15) is 5.82 Å². The first-order valence-electron chi connectivity index (χ1n) is 8.45. The summed E-state index contributed by atoms with van der Waals surface area (Å²) in [5, 5.41) is 5.61. The SMILES string of the molecule is CN(C)Cc1ccnc(NC(=O)Nc2ccc(C3CCOC3)cc2)c1. The summed E-state index contributed by atoms with van der Waals surface area (Å²) in [5.74, 6) is 1.00. The van der Waals surface area contributed by atoms with Crippen LogP contribution in [0.1, 0.15) is 23.5 Å². The number of amides is 2. The molecule has 0 aliphatic carbocycles. The van der Waals surface area contributed by atoms with Gasteiger partial charge in [-0.15, -0.1) is 0 Å². The minimum atomic E-state index is -0.300. The van der Waals surface area contributed by atoms with Crippen molar-refractivity contribution in [1.82, 2.24) is 9.88 Å². The van der Waals surface area contributed by atoms with Gasteiger partial charge in [-0.1, -0.05) is 12.1 Å². The highest BCUT2D eigenvalue weighted by Gasteiger charge is 2.17. The molecule has 2 aromatic rings. The van der Waals surface area contributed by atoms with E-state index in [0.29, 0.717) is 11.7 Å². The van der Waals surface area contributed by atoms with Gasteiger partial charge in [0.2, 0.25) is 0 Å². The molecule has 1 atom stereocenters. The van der Waals surface area contributed by atoms with E-state index < -0.39 is 0 Å². The molecule has 25 heavy (non-hydrogen) atoms. The summed E-state index contributed by atoms with van der Waals surface area (Å²) in [7, 11) is 4.00. The Balaban J connectivity index is 1.57. The molecular formula is C19H24N4O2. The van der Waals surface area contributed by atoms with Gasteiger partial charge in [0.15, 0.2) is 0 Å². The van der Waals surface area contributed by atoms with E-state index in [1.165, 1.54) is 5.56 Å². The van der Waals surface area contributed by atoms with E-state index in [4.69, 9.17) is 4.74 Å². The molecule has 1 aliphatic heterocycles. The first kappa shape index (κ1) is 17.4. The molecule has 1 saturated heterocycles. The van der Waals surface area contributed by atoms with Crippen LogP contribution in [0.3, 0.4) is 0 Å². The van der Waals surface area contributed by atoms with Crippen molar-refractivity contribution in [2.45, 2.75) is 18.9 Å². The molecule has 2 N–H and O–H groups in total. The Morgan fingerprint density at radius 1 is 1.24 bits per heavy atom. The second-order valence-electron chi connectivity index (χ2n) is 6.55. The minimum Gasteiger partial charge on any atom is -0.381 e. The lowest BCUT2D eigenvalue weighted by atomic mass is 9.98. The molecule has 1 aliphatic rings. The number of pyridine rings is 1. The minimum absolute atomic E-state index is 0.300. The van der Waals surface area contributed by atoms with Crippen LogP contribution in [0, 0.1) is 0 Å².